The van der Waals surface area contributed by atoms with Gasteiger partial charge in [-0.25, -0.2) is 0 Å². The Hall–Kier alpha value is -0.353. The third-order valence-corrected chi connectivity index (χ3v) is 7.75. The molecule has 4 heteroatoms. The molecule has 0 amide bonds. The summed E-state index contributed by atoms with van der Waals surface area (Å²) in [5.41, 5.74) is -0.391. The molecule has 0 bridgehead atoms. The molecule has 0 aromatic rings. The maximum atomic E-state index is 11.5. The quantitative estimate of drug-likeness (QED) is 0.429. The van der Waals surface area contributed by atoms with E-state index in [1.807, 2.05) is 20.8 Å². The van der Waals surface area contributed by atoms with Crippen LogP contribution in [0.5, 0.6) is 0 Å². The van der Waals surface area contributed by atoms with E-state index >= 15 is 0 Å². The molecule has 0 spiro atoms. The van der Waals surface area contributed by atoms with Crippen LogP contribution in [0.4, 0.5) is 0 Å². The number of carbonyl (C=O) groups excluding carboxylic acids is 1. The minimum absolute atomic E-state index is 0.138. The number of esters is 1. The Morgan fingerprint density at radius 3 is 1.94 bits per heavy atom. The van der Waals surface area contributed by atoms with Crippen molar-refractivity contribution in [3.05, 3.63) is 0 Å². The third kappa shape index (κ3) is 7.16. The zero-order valence-electron chi connectivity index (χ0n) is 13.3. The molecule has 0 aliphatic rings. The van der Waals surface area contributed by atoms with Gasteiger partial charge in [0.15, 0.2) is 8.32 Å². The summed E-state index contributed by atoms with van der Waals surface area (Å²) in [5, 5.41) is 0.221. The Morgan fingerprint density at radius 1 is 1.06 bits per heavy atom. The molecule has 0 saturated heterocycles. The zero-order valence-corrected chi connectivity index (χ0v) is 14.3. The van der Waals surface area contributed by atoms with Gasteiger partial charge in [0.25, 0.3) is 0 Å². The summed E-state index contributed by atoms with van der Waals surface area (Å²) in [7, 11) is -1.68. The summed E-state index contributed by atoms with van der Waals surface area (Å²) in [5.74, 6) is -0.138. The van der Waals surface area contributed by atoms with E-state index in [1.165, 1.54) is 0 Å². The highest BCUT2D eigenvalue weighted by Gasteiger charge is 2.36. The van der Waals surface area contributed by atoms with Crippen molar-refractivity contribution >= 4 is 14.3 Å². The molecular formula is C14H30O3Si. The summed E-state index contributed by atoms with van der Waals surface area (Å²) in [6.07, 6.45) is 1.17. The molecule has 0 heterocycles. The second-order valence-electron chi connectivity index (χ2n) is 7.30. The smallest absolute Gasteiger partial charge is 0.306 e. The molecule has 0 aliphatic carbocycles. The molecule has 3 nitrogen and oxygen atoms in total. The fourth-order valence-corrected chi connectivity index (χ4v) is 2.24. The minimum atomic E-state index is -1.68. The van der Waals surface area contributed by atoms with E-state index < -0.39 is 13.9 Å². The van der Waals surface area contributed by atoms with Crippen LogP contribution in [0, 0.1) is 0 Å². The number of hydrogen-bond donors (Lipinski definition) is 0. The van der Waals surface area contributed by atoms with Crippen LogP contribution in [0.2, 0.25) is 18.1 Å². The van der Waals surface area contributed by atoms with Crippen molar-refractivity contribution in [2.45, 2.75) is 78.1 Å². The molecule has 108 valence electrons. The minimum Gasteiger partial charge on any atom is -0.460 e. The van der Waals surface area contributed by atoms with Crippen LogP contribution in [0.1, 0.15) is 54.4 Å². The first kappa shape index (κ1) is 17.6. The normalized spacial score (nSPS) is 13.6. The molecule has 0 rings (SSSR count). The van der Waals surface area contributed by atoms with Gasteiger partial charge in [-0.15, -0.1) is 0 Å². The Bertz CT molecular complexity index is 272. The van der Waals surface area contributed by atoms with Crippen LogP contribution < -0.4 is 0 Å². The summed E-state index contributed by atoms with van der Waals surface area (Å²) in [6, 6.07) is 0. The Morgan fingerprint density at radius 2 is 1.56 bits per heavy atom. The lowest BCUT2D eigenvalue weighted by molar-refractivity contribution is -0.155. The van der Waals surface area contributed by atoms with Crippen LogP contribution in [-0.2, 0) is 14.0 Å². The highest BCUT2D eigenvalue weighted by molar-refractivity contribution is 6.74. The maximum Gasteiger partial charge on any atom is 0.306 e. The van der Waals surface area contributed by atoms with Crippen LogP contribution in [-0.4, -0.2) is 26.5 Å². The van der Waals surface area contributed by atoms with Crippen molar-refractivity contribution in [2.75, 3.05) is 6.61 Å². The van der Waals surface area contributed by atoms with Gasteiger partial charge in [0.05, 0.1) is 0 Å². The number of ether oxygens (including phenoxy) is 1. The van der Waals surface area contributed by atoms with Gasteiger partial charge in [0.1, 0.15) is 5.60 Å². The van der Waals surface area contributed by atoms with Crippen molar-refractivity contribution in [3.63, 3.8) is 0 Å². The molecule has 0 fully saturated rings. The topological polar surface area (TPSA) is 35.5 Å². The average molecular weight is 274 g/mol. The Labute approximate surface area is 113 Å². The highest BCUT2D eigenvalue weighted by atomic mass is 28.4. The summed E-state index contributed by atoms with van der Waals surface area (Å²) in [6.45, 7) is 17.4. The van der Waals surface area contributed by atoms with E-state index in [9.17, 15) is 4.79 Å². The van der Waals surface area contributed by atoms with Crippen molar-refractivity contribution in [3.8, 4) is 0 Å². The summed E-state index contributed by atoms with van der Waals surface area (Å²) < 4.78 is 11.3. The maximum absolute atomic E-state index is 11.5. The zero-order chi connectivity index (χ0) is 14.6. The van der Waals surface area contributed by atoms with E-state index in [0.29, 0.717) is 13.0 Å². The van der Waals surface area contributed by atoms with Gasteiger partial charge >= 0.3 is 5.97 Å². The van der Waals surface area contributed by atoms with E-state index in [-0.39, 0.29) is 11.0 Å². The first-order chi connectivity index (χ1) is 7.85. The van der Waals surface area contributed by atoms with Crippen molar-refractivity contribution in [2.24, 2.45) is 0 Å². The van der Waals surface area contributed by atoms with Gasteiger partial charge in [-0.05, 0) is 45.3 Å². The van der Waals surface area contributed by atoms with E-state index in [4.69, 9.17) is 9.16 Å². The lowest BCUT2D eigenvalue weighted by Crippen LogP contribution is -2.41. The molecule has 0 aromatic carbocycles. The molecule has 0 radical (unpaired) electrons. The van der Waals surface area contributed by atoms with Gasteiger partial charge in [-0.1, -0.05) is 20.8 Å². The largest absolute Gasteiger partial charge is 0.460 e. The SMILES string of the molecule is CC(C)(C)OC(=O)CCCO[Si](C)(C)C(C)(C)C. The summed E-state index contributed by atoms with van der Waals surface area (Å²) in [4.78, 5) is 11.5. The Kier molecular flexibility index (Phi) is 6.07. The van der Waals surface area contributed by atoms with Crippen LogP contribution in [0.3, 0.4) is 0 Å². The monoisotopic (exact) mass is 274 g/mol. The highest BCUT2D eigenvalue weighted by Crippen LogP contribution is 2.36. The number of rotatable bonds is 5. The molecule has 0 aliphatic heterocycles. The second kappa shape index (κ2) is 6.20. The summed E-state index contributed by atoms with van der Waals surface area (Å²) >= 11 is 0. The third-order valence-electron chi connectivity index (χ3n) is 3.21. The van der Waals surface area contributed by atoms with E-state index in [0.717, 1.165) is 6.42 Å². The predicted molar refractivity (Wildman–Crippen MR) is 78.2 cm³/mol. The lowest BCUT2D eigenvalue weighted by atomic mass is 10.2. The van der Waals surface area contributed by atoms with Crippen LogP contribution in [0.15, 0.2) is 0 Å². The lowest BCUT2D eigenvalue weighted by Gasteiger charge is -2.36. The predicted octanol–water partition coefficient (Wildman–Crippen LogP) is 4.13. The molecule has 0 aromatic heterocycles. The van der Waals surface area contributed by atoms with Crippen LogP contribution >= 0.6 is 0 Å². The second-order valence-corrected chi connectivity index (χ2v) is 12.1. The van der Waals surface area contributed by atoms with Gasteiger partial charge in [0.2, 0.25) is 0 Å². The van der Waals surface area contributed by atoms with Gasteiger partial charge in [0, 0.05) is 13.0 Å². The van der Waals surface area contributed by atoms with Gasteiger partial charge < -0.3 is 9.16 Å². The standard InChI is InChI=1S/C14H30O3Si/c1-13(2,3)17-12(15)10-9-11-16-18(7,8)14(4,5)6/h9-11H2,1-8H3. The fraction of sp³-hybridized carbons (Fsp3) is 0.929. The van der Waals surface area contributed by atoms with Gasteiger partial charge in [-0.3, -0.25) is 4.79 Å². The van der Waals surface area contributed by atoms with E-state index in [2.05, 4.69) is 33.9 Å². The number of hydrogen-bond acceptors (Lipinski definition) is 3. The molecular weight excluding hydrogens is 244 g/mol. The van der Waals surface area contributed by atoms with E-state index in [1.54, 1.807) is 0 Å². The molecule has 0 unspecified atom stereocenters. The first-order valence-electron chi connectivity index (χ1n) is 6.71. The van der Waals surface area contributed by atoms with Crippen molar-refractivity contribution < 1.29 is 14.0 Å². The molecule has 18 heavy (non-hydrogen) atoms. The van der Waals surface area contributed by atoms with Crippen molar-refractivity contribution in [1.29, 1.82) is 0 Å². The fourth-order valence-electron chi connectivity index (χ4n) is 1.15. The molecule has 0 N–H and O–H groups in total. The molecule has 0 atom stereocenters. The van der Waals surface area contributed by atoms with Gasteiger partial charge in [-0.2, -0.15) is 0 Å². The van der Waals surface area contributed by atoms with Crippen LogP contribution in [0.25, 0.3) is 0 Å². The first-order valence-corrected chi connectivity index (χ1v) is 9.62. The van der Waals surface area contributed by atoms with Crippen molar-refractivity contribution in [1.82, 2.24) is 0 Å². The number of carbonyl (C=O) groups is 1. The average Bonchev–Trinajstić information content (AvgIpc) is 2.07. The molecule has 0 saturated carbocycles. The Balaban J connectivity index is 3.92.